The van der Waals surface area contributed by atoms with Crippen LogP contribution in [0.25, 0.3) is 0 Å². The Kier molecular flexibility index (Phi) is 6.09. The molecule has 3 aliphatic heterocycles. The highest BCUT2D eigenvalue weighted by molar-refractivity contribution is 5.80. The standard InChI is InChI=1S/C20H31N5O2/c1-21-20(25-10-12-27-18(15-25)17-5-4-11-26-17)23-14-16-6-7-19(22-13-16)24-8-2-3-9-24/h6-7,13,17-18H,2-5,8-12,14-15H2,1H3,(H,21,23). The number of hydrogen-bond acceptors (Lipinski definition) is 5. The number of morpholine rings is 1. The first kappa shape index (κ1) is 18.5. The van der Waals surface area contributed by atoms with E-state index in [1.165, 1.54) is 18.4 Å². The molecule has 1 N–H and O–H groups in total. The Hall–Kier alpha value is -1.86. The van der Waals surface area contributed by atoms with Crippen LogP contribution in [0, 0.1) is 0 Å². The highest BCUT2D eigenvalue weighted by atomic mass is 16.5. The maximum absolute atomic E-state index is 5.95. The van der Waals surface area contributed by atoms with Crippen molar-refractivity contribution in [3.05, 3.63) is 23.9 Å². The van der Waals surface area contributed by atoms with Crippen LogP contribution in [0.2, 0.25) is 0 Å². The molecule has 0 saturated carbocycles. The van der Waals surface area contributed by atoms with Gasteiger partial charge in [0.1, 0.15) is 11.9 Å². The maximum atomic E-state index is 5.95. The fourth-order valence-electron chi connectivity index (χ4n) is 4.16. The molecule has 0 aromatic carbocycles. The van der Waals surface area contributed by atoms with E-state index >= 15 is 0 Å². The van der Waals surface area contributed by atoms with E-state index in [1.807, 2.05) is 13.2 Å². The molecule has 1 aromatic heterocycles. The second-order valence-electron chi connectivity index (χ2n) is 7.53. The van der Waals surface area contributed by atoms with Gasteiger partial charge in [-0.2, -0.15) is 0 Å². The van der Waals surface area contributed by atoms with Gasteiger partial charge >= 0.3 is 0 Å². The Bertz CT molecular complexity index is 624. The monoisotopic (exact) mass is 373 g/mol. The topological polar surface area (TPSA) is 62.2 Å². The van der Waals surface area contributed by atoms with Crippen molar-refractivity contribution in [2.24, 2.45) is 4.99 Å². The lowest BCUT2D eigenvalue weighted by atomic mass is 10.1. The van der Waals surface area contributed by atoms with Crippen molar-refractivity contribution in [3.63, 3.8) is 0 Å². The third kappa shape index (κ3) is 4.52. The Labute approximate surface area is 161 Å². The molecular weight excluding hydrogens is 342 g/mol. The van der Waals surface area contributed by atoms with E-state index < -0.39 is 0 Å². The Morgan fingerprint density at radius 2 is 2.00 bits per heavy atom. The van der Waals surface area contributed by atoms with Gasteiger partial charge in [0.05, 0.1) is 12.7 Å². The zero-order valence-electron chi connectivity index (χ0n) is 16.3. The van der Waals surface area contributed by atoms with E-state index in [9.17, 15) is 0 Å². The lowest BCUT2D eigenvalue weighted by Crippen LogP contribution is -2.53. The van der Waals surface area contributed by atoms with Crippen molar-refractivity contribution in [3.8, 4) is 0 Å². The number of ether oxygens (including phenoxy) is 2. The minimum absolute atomic E-state index is 0.140. The van der Waals surface area contributed by atoms with Gasteiger partial charge in [-0.1, -0.05) is 6.07 Å². The molecule has 0 radical (unpaired) electrons. The fraction of sp³-hybridized carbons (Fsp3) is 0.700. The largest absolute Gasteiger partial charge is 0.375 e. The molecule has 2 unspecified atom stereocenters. The van der Waals surface area contributed by atoms with E-state index in [0.29, 0.717) is 0 Å². The van der Waals surface area contributed by atoms with Gasteiger partial charge in [-0.3, -0.25) is 4.99 Å². The zero-order valence-corrected chi connectivity index (χ0v) is 16.3. The molecule has 2 atom stereocenters. The second-order valence-corrected chi connectivity index (χ2v) is 7.53. The summed E-state index contributed by atoms with van der Waals surface area (Å²) in [5.74, 6) is 2.01. The molecule has 148 valence electrons. The van der Waals surface area contributed by atoms with Crippen molar-refractivity contribution < 1.29 is 9.47 Å². The van der Waals surface area contributed by atoms with E-state index in [1.54, 1.807) is 0 Å². The molecule has 1 aromatic rings. The summed E-state index contributed by atoms with van der Waals surface area (Å²) in [6.45, 7) is 6.24. The highest BCUT2D eigenvalue weighted by Gasteiger charge is 2.32. The van der Waals surface area contributed by atoms with Gasteiger partial charge in [0.25, 0.3) is 0 Å². The van der Waals surface area contributed by atoms with Gasteiger partial charge in [-0.25, -0.2) is 4.98 Å². The molecule has 0 amide bonds. The summed E-state index contributed by atoms with van der Waals surface area (Å²) in [4.78, 5) is 13.7. The molecule has 0 aliphatic carbocycles. The van der Waals surface area contributed by atoms with Crippen LogP contribution in [0.5, 0.6) is 0 Å². The summed E-state index contributed by atoms with van der Waals surface area (Å²) in [6.07, 6.45) is 7.12. The summed E-state index contributed by atoms with van der Waals surface area (Å²) >= 11 is 0. The molecule has 3 aliphatic rings. The normalized spacial score (nSPS) is 26.6. The van der Waals surface area contributed by atoms with E-state index in [-0.39, 0.29) is 12.2 Å². The summed E-state index contributed by atoms with van der Waals surface area (Å²) in [5, 5.41) is 3.48. The SMILES string of the molecule is CN=C(NCc1ccc(N2CCCC2)nc1)N1CCOC(C2CCCO2)C1. The van der Waals surface area contributed by atoms with Crippen LogP contribution in [0.3, 0.4) is 0 Å². The molecule has 4 rings (SSSR count). The van der Waals surface area contributed by atoms with Crippen LogP contribution in [0.15, 0.2) is 23.3 Å². The maximum Gasteiger partial charge on any atom is 0.194 e. The summed E-state index contributed by atoms with van der Waals surface area (Å²) in [6, 6.07) is 4.29. The predicted molar refractivity (Wildman–Crippen MR) is 106 cm³/mol. The van der Waals surface area contributed by atoms with Crippen molar-refractivity contribution >= 4 is 11.8 Å². The number of nitrogens with zero attached hydrogens (tertiary/aromatic N) is 4. The molecule has 7 nitrogen and oxygen atoms in total. The van der Waals surface area contributed by atoms with Crippen LogP contribution < -0.4 is 10.2 Å². The van der Waals surface area contributed by atoms with E-state index in [0.717, 1.165) is 70.6 Å². The third-order valence-electron chi connectivity index (χ3n) is 5.67. The first-order valence-corrected chi connectivity index (χ1v) is 10.2. The number of rotatable bonds is 4. The number of anilines is 1. The van der Waals surface area contributed by atoms with Gasteiger partial charge in [0.2, 0.25) is 0 Å². The number of aromatic nitrogens is 1. The summed E-state index contributed by atoms with van der Waals surface area (Å²) < 4.78 is 11.8. The van der Waals surface area contributed by atoms with Crippen LogP contribution in [0.1, 0.15) is 31.2 Å². The molecule has 27 heavy (non-hydrogen) atoms. The quantitative estimate of drug-likeness (QED) is 0.639. The van der Waals surface area contributed by atoms with Crippen LogP contribution in [-0.4, -0.2) is 74.5 Å². The first-order valence-electron chi connectivity index (χ1n) is 10.2. The lowest BCUT2D eigenvalue weighted by Gasteiger charge is -2.37. The zero-order chi connectivity index (χ0) is 18.5. The average molecular weight is 374 g/mol. The lowest BCUT2D eigenvalue weighted by molar-refractivity contribution is -0.0817. The van der Waals surface area contributed by atoms with E-state index in [4.69, 9.17) is 9.47 Å². The third-order valence-corrected chi connectivity index (χ3v) is 5.67. The van der Waals surface area contributed by atoms with Crippen molar-refractivity contribution in [2.45, 2.75) is 44.4 Å². The number of nitrogens with one attached hydrogen (secondary N) is 1. The summed E-state index contributed by atoms with van der Waals surface area (Å²) in [5.41, 5.74) is 1.17. The highest BCUT2D eigenvalue weighted by Crippen LogP contribution is 2.21. The number of guanidine groups is 1. The second kappa shape index (κ2) is 8.89. The molecule has 4 heterocycles. The Morgan fingerprint density at radius 1 is 1.15 bits per heavy atom. The average Bonchev–Trinajstić information content (AvgIpc) is 3.43. The Balaban J connectivity index is 1.30. The number of hydrogen-bond donors (Lipinski definition) is 1. The van der Waals surface area contributed by atoms with Gasteiger partial charge in [-0.05, 0) is 37.3 Å². The first-order chi connectivity index (χ1) is 13.3. The van der Waals surface area contributed by atoms with Gasteiger partial charge in [0.15, 0.2) is 5.96 Å². The molecule has 3 saturated heterocycles. The smallest absolute Gasteiger partial charge is 0.194 e. The number of pyridine rings is 1. The molecular formula is C20H31N5O2. The molecule has 0 bridgehead atoms. The van der Waals surface area contributed by atoms with Crippen LogP contribution in [-0.2, 0) is 16.0 Å². The van der Waals surface area contributed by atoms with Gasteiger partial charge < -0.3 is 24.6 Å². The van der Waals surface area contributed by atoms with Crippen molar-refractivity contribution in [1.29, 1.82) is 0 Å². The van der Waals surface area contributed by atoms with Gasteiger partial charge in [0, 0.05) is 52.6 Å². The van der Waals surface area contributed by atoms with E-state index in [2.05, 4.69) is 37.2 Å². The van der Waals surface area contributed by atoms with Crippen molar-refractivity contribution in [1.82, 2.24) is 15.2 Å². The molecule has 3 fully saturated rings. The predicted octanol–water partition coefficient (Wildman–Crippen LogP) is 1.64. The molecule has 0 spiro atoms. The number of aliphatic imine (C=N–C) groups is 1. The minimum Gasteiger partial charge on any atom is -0.375 e. The minimum atomic E-state index is 0.140. The molecule has 7 heteroatoms. The van der Waals surface area contributed by atoms with Crippen LogP contribution >= 0.6 is 0 Å². The van der Waals surface area contributed by atoms with Crippen LogP contribution in [0.4, 0.5) is 5.82 Å². The summed E-state index contributed by atoms with van der Waals surface area (Å²) in [7, 11) is 1.84. The van der Waals surface area contributed by atoms with Gasteiger partial charge in [-0.15, -0.1) is 0 Å². The fourth-order valence-corrected chi connectivity index (χ4v) is 4.16. The Morgan fingerprint density at radius 3 is 2.70 bits per heavy atom. The van der Waals surface area contributed by atoms with Crippen molar-refractivity contribution in [2.75, 3.05) is 51.3 Å².